The van der Waals surface area contributed by atoms with E-state index in [2.05, 4.69) is 27.3 Å². The van der Waals surface area contributed by atoms with E-state index in [4.69, 9.17) is 38.9 Å². The van der Waals surface area contributed by atoms with Crippen LogP contribution in [0.2, 0.25) is 0 Å². The molecule has 0 saturated carbocycles. The van der Waals surface area contributed by atoms with Crippen molar-refractivity contribution in [3.05, 3.63) is 39.4 Å². The van der Waals surface area contributed by atoms with Crippen LogP contribution in [0.4, 0.5) is 4.79 Å². The Morgan fingerprint density at radius 1 is 1.11 bits per heavy atom. The van der Waals surface area contributed by atoms with E-state index in [0.717, 1.165) is 16.7 Å². The SMILES string of the molecule is CCS[C@@H]1c2c(OC(C)=O)c(C)c3c(c2[C@H](COC(=O)NC(=O)C(N)C(C)C)N2C1[C@H]1c4c(cc(C)c(OC)c4OCOC)C[C@@H]([C@@H]2C#N)N1C)OCO3. The van der Waals surface area contributed by atoms with E-state index in [-0.39, 0.29) is 32.2 Å². The van der Waals surface area contributed by atoms with E-state index in [1.807, 2.05) is 27.8 Å². The van der Waals surface area contributed by atoms with Crippen LogP contribution in [-0.4, -0.2) is 99.1 Å². The molecule has 1 saturated heterocycles. The third kappa shape index (κ3) is 6.59. The topological polar surface area (TPSA) is 184 Å². The number of esters is 1. The first kappa shape index (κ1) is 39.4. The van der Waals surface area contributed by atoms with Gasteiger partial charge in [0, 0.05) is 48.4 Å². The summed E-state index contributed by atoms with van der Waals surface area (Å²) in [6, 6.07) is 1.06. The standard InChI is InChI=1S/C38H49N5O10S/c1-10-54-36-27-26(35-33(51-16-52-35)19(5)32(27)53-20(6)44)24(14-49-38(46)41-37(45)28(40)17(2)3)43-23(13-39)22-12-21-11-18(4)31(48-9)34(50-15-47-8)25(21)29(30(36)43)42(22)7/h11,17,22-24,28-30,36H,10,12,14-16,40H2,1-9H3,(H,41,45,46)/t22-,23-,24-,28?,29+,30?,36+/m0/s1. The molecular weight excluding hydrogens is 719 g/mol. The minimum atomic E-state index is -0.982. The highest BCUT2D eigenvalue weighted by atomic mass is 32.2. The molecule has 15 nitrogen and oxygen atoms in total. The summed E-state index contributed by atoms with van der Waals surface area (Å²) in [4.78, 5) is 43.2. The Balaban J connectivity index is 1.61. The number of likely N-dealkylation sites (N-methyl/N-ethyl adjacent to an activating group) is 1. The molecule has 2 unspecified atom stereocenters. The molecule has 4 aliphatic rings. The quantitative estimate of drug-likeness (QED) is 0.188. The zero-order valence-electron chi connectivity index (χ0n) is 32.1. The van der Waals surface area contributed by atoms with Crippen molar-refractivity contribution in [3.63, 3.8) is 0 Å². The average molecular weight is 768 g/mol. The summed E-state index contributed by atoms with van der Waals surface area (Å²) in [6.07, 6.45) is -0.472. The van der Waals surface area contributed by atoms with E-state index in [1.165, 1.54) is 6.92 Å². The largest absolute Gasteiger partial charge is 0.493 e. The number of nitriles is 1. The summed E-state index contributed by atoms with van der Waals surface area (Å²) >= 11 is 1.65. The maximum absolute atomic E-state index is 13.3. The van der Waals surface area contributed by atoms with Gasteiger partial charge in [0.05, 0.1) is 36.6 Å². The van der Waals surface area contributed by atoms with Crippen molar-refractivity contribution in [2.75, 3.05) is 47.2 Å². The highest BCUT2D eigenvalue weighted by Crippen LogP contribution is 2.63. The number of piperazine rings is 1. The predicted octanol–water partition coefficient (Wildman–Crippen LogP) is 4.21. The van der Waals surface area contributed by atoms with Gasteiger partial charge in [-0.3, -0.25) is 24.7 Å². The van der Waals surface area contributed by atoms with E-state index in [1.54, 1.807) is 39.8 Å². The molecule has 0 spiro atoms. The van der Waals surface area contributed by atoms with Gasteiger partial charge in [-0.2, -0.15) is 17.0 Å². The molecule has 6 rings (SSSR count). The molecule has 2 aromatic carbocycles. The molecule has 0 aromatic heterocycles. The molecule has 2 amide bonds. The molecule has 3 N–H and O–H groups in total. The van der Waals surface area contributed by atoms with Gasteiger partial charge in [0.25, 0.3) is 0 Å². The number of alkyl carbamates (subject to hydrolysis) is 1. The third-order valence-corrected chi connectivity index (χ3v) is 12.0. The smallest absolute Gasteiger partial charge is 0.413 e. The number of nitrogens with one attached hydrogen (secondary N) is 1. The predicted molar refractivity (Wildman–Crippen MR) is 198 cm³/mol. The lowest BCUT2D eigenvalue weighted by Crippen LogP contribution is -2.69. The number of carbonyl (C=O) groups is 3. The first-order valence-electron chi connectivity index (χ1n) is 18.0. The maximum atomic E-state index is 13.3. The van der Waals surface area contributed by atoms with Crippen LogP contribution >= 0.6 is 11.8 Å². The number of nitrogens with zero attached hydrogens (tertiary/aromatic N) is 3. The van der Waals surface area contributed by atoms with Gasteiger partial charge in [-0.05, 0) is 50.1 Å². The highest BCUT2D eigenvalue weighted by molar-refractivity contribution is 7.99. The normalized spacial score (nSPS) is 24.4. The van der Waals surface area contributed by atoms with Gasteiger partial charge < -0.3 is 38.9 Å². The van der Waals surface area contributed by atoms with Crippen LogP contribution in [0, 0.1) is 31.1 Å². The van der Waals surface area contributed by atoms with Crippen LogP contribution in [0.15, 0.2) is 6.07 Å². The molecule has 4 aliphatic heterocycles. The molecule has 2 bridgehead atoms. The summed E-state index contributed by atoms with van der Waals surface area (Å²) in [5.41, 5.74) is 10.7. The number of amides is 2. The van der Waals surface area contributed by atoms with Crippen LogP contribution in [0.25, 0.3) is 0 Å². The monoisotopic (exact) mass is 767 g/mol. The Labute approximate surface area is 319 Å². The Hall–Kier alpha value is -4.27. The molecule has 292 valence electrons. The molecule has 2 aromatic rings. The summed E-state index contributed by atoms with van der Waals surface area (Å²) in [6.45, 7) is 10.3. The number of carbonyl (C=O) groups excluding carboxylic acids is 3. The fraction of sp³-hybridized carbons (Fsp3) is 0.579. The van der Waals surface area contributed by atoms with Gasteiger partial charge in [-0.15, -0.1) is 0 Å². The van der Waals surface area contributed by atoms with Gasteiger partial charge in [0.2, 0.25) is 12.7 Å². The lowest BCUT2D eigenvalue weighted by Gasteiger charge is -2.61. The number of benzene rings is 2. The van der Waals surface area contributed by atoms with E-state index in [0.29, 0.717) is 57.6 Å². The second-order valence-corrected chi connectivity index (χ2v) is 15.7. The molecule has 0 radical (unpaired) electrons. The van der Waals surface area contributed by atoms with Crippen molar-refractivity contribution in [2.24, 2.45) is 11.7 Å². The number of hydrogen-bond donors (Lipinski definition) is 2. The van der Waals surface area contributed by atoms with E-state index < -0.39 is 53.4 Å². The zero-order valence-corrected chi connectivity index (χ0v) is 33.0. The van der Waals surface area contributed by atoms with Crippen LogP contribution < -0.4 is 34.7 Å². The number of nitrogens with two attached hydrogens (primary N) is 1. The van der Waals surface area contributed by atoms with Crippen molar-refractivity contribution >= 4 is 29.7 Å². The lowest BCUT2D eigenvalue weighted by molar-refractivity contribution is -0.132. The van der Waals surface area contributed by atoms with E-state index >= 15 is 0 Å². The average Bonchev–Trinajstić information content (AvgIpc) is 3.62. The van der Waals surface area contributed by atoms with Gasteiger partial charge >= 0.3 is 12.1 Å². The molecular formula is C38H49N5O10S. The summed E-state index contributed by atoms with van der Waals surface area (Å²) in [7, 11) is 5.16. The third-order valence-electron chi connectivity index (χ3n) is 10.8. The molecule has 7 atom stereocenters. The van der Waals surface area contributed by atoms with Crippen LogP contribution in [0.3, 0.4) is 0 Å². The zero-order chi connectivity index (χ0) is 39.2. The minimum Gasteiger partial charge on any atom is -0.493 e. The maximum Gasteiger partial charge on any atom is 0.413 e. The number of hydrogen-bond acceptors (Lipinski definition) is 15. The Morgan fingerprint density at radius 3 is 2.46 bits per heavy atom. The van der Waals surface area contributed by atoms with Crippen molar-refractivity contribution in [3.8, 4) is 34.8 Å². The van der Waals surface area contributed by atoms with Crippen molar-refractivity contribution in [1.29, 1.82) is 5.26 Å². The fourth-order valence-corrected chi connectivity index (χ4v) is 9.78. The molecule has 16 heteroatoms. The van der Waals surface area contributed by atoms with E-state index in [9.17, 15) is 19.6 Å². The van der Waals surface area contributed by atoms with Crippen molar-refractivity contribution in [2.45, 2.75) is 89.5 Å². The Bertz CT molecular complexity index is 1870. The van der Waals surface area contributed by atoms with Gasteiger partial charge in [0.15, 0.2) is 29.8 Å². The molecule has 54 heavy (non-hydrogen) atoms. The first-order valence-corrected chi connectivity index (χ1v) is 19.1. The van der Waals surface area contributed by atoms with Crippen LogP contribution in [0.1, 0.15) is 78.4 Å². The Morgan fingerprint density at radius 2 is 1.83 bits per heavy atom. The number of methoxy groups -OCH3 is 2. The van der Waals surface area contributed by atoms with Crippen molar-refractivity contribution < 1.29 is 47.5 Å². The number of thioether (sulfide) groups is 1. The van der Waals surface area contributed by atoms with Gasteiger partial charge in [0.1, 0.15) is 18.4 Å². The molecule has 1 fully saturated rings. The second-order valence-electron chi connectivity index (χ2n) is 14.3. The minimum absolute atomic E-state index is 0.0265. The summed E-state index contributed by atoms with van der Waals surface area (Å²) in [5, 5.41) is 13.0. The lowest BCUT2D eigenvalue weighted by atomic mass is 9.71. The number of aryl methyl sites for hydroxylation is 1. The summed E-state index contributed by atoms with van der Waals surface area (Å²) in [5.74, 6) is 1.52. The number of ether oxygens (including phenoxy) is 7. The van der Waals surface area contributed by atoms with Crippen LogP contribution in [0.5, 0.6) is 28.7 Å². The molecule has 0 aliphatic carbocycles. The second kappa shape index (κ2) is 15.8. The number of rotatable bonds is 11. The van der Waals surface area contributed by atoms with Gasteiger partial charge in [-0.25, -0.2) is 4.79 Å². The van der Waals surface area contributed by atoms with Crippen molar-refractivity contribution in [1.82, 2.24) is 15.1 Å². The number of imide groups is 1. The fourth-order valence-electron chi connectivity index (χ4n) is 8.53. The Kier molecular flexibility index (Phi) is 11.6. The highest BCUT2D eigenvalue weighted by Gasteiger charge is 2.60. The molecule has 4 heterocycles. The first-order chi connectivity index (χ1) is 25.8. The van der Waals surface area contributed by atoms with Gasteiger partial charge in [-0.1, -0.05) is 26.8 Å². The summed E-state index contributed by atoms with van der Waals surface area (Å²) < 4.78 is 41.7. The van der Waals surface area contributed by atoms with Crippen LogP contribution in [-0.2, 0) is 25.5 Å². The number of fused-ring (bicyclic) bond motifs is 9.